The molecule has 2 rings (SSSR count). The second-order valence-electron chi connectivity index (χ2n) is 7.66. The Morgan fingerprint density at radius 2 is 2.00 bits per heavy atom. The molecule has 0 spiro atoms. The summed E-state index contributed by atoms with van der Waals surface area (Å²) in [6.07, 6.45) is 1.27. The molecule has 1 saturated heterocycles. The zero-order valence-electron chi connectivity index (χ0n) is 13.8. The van der Waals surface area contributed by atoms with Gasteiger partial charge in [-0.3, -0.25) is 10.1 Å². The topological polar surface area (TPSA) is 59.6 Å². The van der Waals surface area contributed by atoms with Gasteiger partial charge in [-0.25, -0.2) is 0 Å². The number of hydrogen-bond donors (Lipinski definition) is 2. The largest absolute Gasteiger partial charge is 0.338 e. The Balaban J connectivity index is 1.88. The first-order chi connectivity index (χ1) is 9.74. The summed E-state index contributed by atoms with van der Waals surface area (Å²) in [7, 11) is 0. The standard InChI is InChI=1S/C16H27N3O2/c1-11-6-12(2)9-19(8-11)10-14(20)17-15-7-13(18-21-15)16(3,4)5/h7,11-12H,6,8-10H2,1-5H3,(H,17,20)/p+1/t11-,12-/m0/s1. The van der Waals surface area contributed by atoms with E-state index in [0.717, 1.165) is 18.8 Å². The number of likely N-dealkylation sites (tertiary alicyclic amines) is 1. The van der Waals surface area contributed by atoms with E-state index < -0.39 is 0 Å². The number of carbonyl (C=O) groups is 1. The fourth-order valence-corrected chi connectivity index (χ4v) is 3.16. The molecule has 2 N–H and O–H groups in total. The smallest absolute Gasteiger partial charge is 0.281 e. The van der Waals surface area contributed by atoms with Gasteiger partial charge in [-0.15, -0.1) is 0 Å². The Morgan fingerprint density at radius 1 is 1.38 bits per heavy atom. The molecule has 1 aromatic heterocycles. The van der Waals surface area contributed by atoms with Crippen LogP contribution in [-0.4, -0.2) is 30.7 Å². The second-order valence-corrected chi connectivity index (χ2v) is 7.66. The van der Waals surface area contributed by atoms with E-state index in [-0.39, 0.29) is 11.3 Å². The predicted octanol–water partition coefficient (Wildman–Crippen LogP) is 1.47. The van der Waals surface area contributed by atoms with Crippen molar-refractivity contribution < 1.29 is 14.2 Å². The third kappa shape index (κ3) is 4.56. The van der Waals surface area contributed by atoms with E-state index in [1.165, 1.54) is 11.3 Å². The van der Waals surface area contributed by atoms with Crippen LogP contribution in [0.3, 0.4) is 0 Å². The molecule has 1 amide bonds. The number of nitrogens with zero attached hydrogens (tertiary/aromatic N) is 1. The average Bonchev–Trinajstić information content (AvgIpc) is 2.75. The highest BCUT2D eigenvalue weighted by atomic mass is 16.5. The Morgan fingerprint density at radius 3 is 2.52 bits per heavy atom. The zero-order chi connectivity index (χ0) is 15.6. The van der Waals surface area contributed by atoms with Crippen LogP contribution >= 0.6 is 0 Å². The number of nitrogens with one attached hydrogen (secondary N) is 2. The van der Waals surface area contributed by atoms with Gasteiger partial charge in [0.2, 0.25) is 5.88 Å². The van der Waals surface area contributed by atoms with Gasteiger partial charge in [0.25, 0.3) is 5.91 Å². The van der Waals surface area contributed by atoms with Crippen LogP contribution < -0.4 is 10.2 Å². The van der Waals surface area contributed by atoms with E-state index in [1.807, 2.05) is 6.07 Å². The Hall–Kier alpha value is -1.36. The lowest BCUT2D eigenvalue weighted by Crippen LogP contribution is -3.15. The molecule has 2 atom stereocenters. The predicted molar refractivity (Wildman–Crippen MR) is 82.3 cm³/mol. The summed E-state index contributed by atoms with van der Waals surface area (Å²) in [6.45, 7) is 13.4. The van der Waals surface area contributed by atoms with Gasteiger partial charge in [-0.05, 0) is 6.42 Å². The van der Waals surface area contributed by atoms with Crippen molar-refractivity contribution in [3.8, 4) is 0 Å². The lowest BCUT2D eigenvalue weighted by molar-refractivity contribution is -0.904. The fourth-order valence-electron chi connectivity index (χ4n) is 3.16. The van der Waals surface area contributed by atoms with Crippen molar-refractivity contribution in [1.82, 2.24) is 5.16 Å². The number of quaternary nitrogens is 1. The minimum absolute atomic E-state index is 0.00269. The van der Waals surface area contributed by atoms with Crippen LogP contribution in [0.4, 0.5) is 5.88 Å². The normalized spacial score (nSPS) is 26.6. The summed E-state index contributed by atoms with van der Waals surface area (Å²) >= 11 is 0. The molecule has 0 aliphatic carbocycles. The summed E-state index contributed by atoms with van der Waals surface area (Å²) in [5.41, 5.74) is 0.778. The van der Waals surface area contributed by atoms with Crippen molar-refractivity contribution in [2.45, 2.75) is 46.5 Å². The Bertz CT molecular complexity index is 480. The minimum atomic E-state index is -0.0739. The molecule has 1 aromatic rings. The molecule has 0 unspecified atom stereocenters. The first-order valence-corrected chi connectivity index (χ1v) is 7.84. The molecule has 5 nitrogen and oxygen atoms in total. The molecular weight excluding hydrogens is 266 g/mol. The lowest BCUT2D eigenvalue weighted by atomic mass is 9.92. The highest BCUT2D eigenvalue weighted by Crippen LogP contribution is 2.23. The maximum Gasteiger partial charge on any atom is 0.281 e. The van der Waals surface area contributed by atoms with Crippen LogP contribution in [0.1, 0.15) is 46.7 Å². The summed E-state index contributed by atoms with van der Waals surface area (Å²) in [5.74, 6) is 1.83. The minimum Gasteiger partial charge on any atom is -0.338 e. The van der Waals surface area contributed by atoms with Gasteiger partial charge in [-0.1, -0.05) is 39.8 Å². The van der Waals surface area contributed by atoms with Crippen LogP contribution in [0.25, 0.3) is 0 Å². The van der Waals surface area contributed by atoms with Crippen molar-refractivity contribution in [2.75, 3.05) is 25.0 Å². The van der Waals surface area contributed by atoms with Crippen LogP contribution in [0.2, 0.25) is 0 Å². The third-order valence-corrected chi connectivity index (χ3v) is 4.03. The van der Waals surface area contributed by atoms with Crippen LogP contribution in [0.5, 0.6) is 0 Å². The lowest BCUT2D eigenvalue weighted by Gasteiger charge is -2.31. The van der Waals surface area contributed by atoms with E-state index in [9.17, 15) is 4.79 Å². The number of aromatic nitrogens is 1. The van der Waals surface area contributed by atoms with Gasteiger partial charge in [0, 0.05) is 23.3 Å². The molecular formula is C16H28N3O2+. The Kier molecular flexibility index (Phi) is 4.71. The van der Waals surface area contributed by atoms with E-state index in [2.05, 4.69) is 45.1 Å². The monoisotopic (exact) mass is 294 g/mol. The number of piperidine rings is 1. The van der Waals surface area contributed by atoms with Crippen molar-refractivity contribution in [1.29, 1.82) is 0 Å². The fraction of sp³-hybridized carbons (Fsp3) is 0.750. The quantitative estimate of drug-likeness (QED) is 0.887. The van der Waals surface area contributed by atoms with Gasteiger partial charge in [0.15, 0.2) is 6.54 Å². The molecule has 1 aliphatic rings. The van der Waals surface area contributed by atoms with Gasteiger partial charge in [0.1, 0.15) is 0 Å². The summed E-state index contributed by atoms with van der Waals surface area (Å²) in [5, 5.41) is 6.84. The molecule has 0 aromatic carbocycles. The van der Waals surface area contributed by atoms with Crippen LogP contribution in [0, 0.1) is 11.8 Å². The SMILES string of the molecule is C[C@H]1C[C@H](C)C[NH+](CC(=O)Nc2cc(C(C)(C)C)no2)C1. The Labute approximate surface area is 127 Å². The van der Waals surface area contributed by atoms with E-state index in [0.29, 0.717) is 24.3 Å². The molecule has 0 bridgehead atoms. The summed E-state index contributed by atoms with van der Waals surface area (Å²) < 4.78 is 5.20. The molecule has 21 heavy (non-hydrogen) atoms. The second kappa shape index (κ2) is 6.18. The molecule has 118 valence electrons. The molecule has 0 radical (unpaired) electrons. The average molecular weight is 294 g/mol. The third-order valence-electron chi connectivity index (χ3n) is 4.03. The van der Waals surface area contributed by atoms with Crippen LogP contribution in [-0.2, 0) is 10.2 Å². The number of hydrogen-bond acceptors (Lipinski definition) is 3. The summed E-state index contributed by atoms with van der Waals surface area (Å²) in [6, 6.07) is 1.81. The molecule has 5 heteroatoms. The van der Waals surface area contributed by atoms with E-state index >= 15 is 0 Å². The molecule has 0 saturated carbocycles. The first-order valence-electron chi connectivity index (χ1n) is 7.84. The number of amides is 1. The first kappa shape index (κ1) is 16.0. The number of carbonyl (C=O) groups excluding carboxylic acids is 1. The van der Waals surface area contributed by atoms with Gasteiger partial charge < -0.3 is 9.42 Å². The maximum absolute atomic E-state index is 12.1. The molecule has 1 aliphatic heterocycles. The van der Waals surface area contributed by atoms with E-state index in [4.69, 9.17) is 4.52 Å². The number of anilines is 1. The van der Waals surface area contributed by atoms with Crippen molar-refractivity contribution in [2.24, 2.45) is 11.8 Å². The molecule has 2 heterocycles. The summed E-state index contributed by atoms with van der Waals surface area (Å²) in [4.78, 5) is 13.5. The van der Waals surface area contributed by atoms with Gasteiger partial charge >= 0.3 is 0 Å². The van der Waals surface area contributed by atoms with Crippen molar-refractivity contribution in [3.63, 3.8) is 0 Å². The zero-order valence-corrected chi connectivity index (χ0v) is 13.8. The number of rotatable bonds is 3. The maximum atomic E-state index is 12.1. The highest BCUT2D eigenvalue weighted by molar-refractivity contribution is 5.90. The van der Waals surface area contributed by atoms with Crippen molar-refractivity contribution in [3.05, 3.63) is 11.8 Å². The highest BCUT2D eigenvalue weighted by Gasteiger charge is 2.27. The van der Waals surface area contributed by atoms with Crippen LogP contribution in [0.15, 0.2) is 10.6 Å². The van der Waals surface area contributed by atoms with Gasteiger partial charge in [0.05, 0.1) is 18.8 Å². The van der Waals surface area contributed by atoms with Crippen molar-refractivity contribution >= 4 is 11.8 Å². The molecule has 1 fully saturated rings. The van der Waals surface area contributed by atoms with Gasteiger partial charge in [-0.2, -0.15) is 0 Å². The van der Waals surface area contributed by atoms with E-state index in [1.54, 1.807) is 0 Å².